The van der Waals surface area contributed by atoms with E-state index in [2.05, 4.69) is 15.6 Å². The molecular weight excluding hydrogens is 270 g/mol. The summed E-state index contributed by atoms with van der Waals surface area (Å²) in [5, 5.41) is 14.5. The van der Waals surface area contributed by atoms with Crippen molar-refractivity contribution in [1.82, 2.24) is 15.6 Å². The molecule has 0 unspecified atom stereocenters. The molecule has 0 saturated carbocycles. The van der Waals surface area contributed by atoms with Crippen LogP contribution in [0, 0.1) is 0 Å². The molecule has 0 aromatic carbocycles. The number of hydrogen-bond donors (Lipinski definition) is 3. The summed E-state index contributed by atoms with van der Waals surface area (Å²) in [6.07, 6.45) is 3.16. The number of hydrogen-bond acceptors (Lipinski definition) is 3. The Labute approximate surface area is 125 Å². The number of aromatic nitrogens is 1. The molecule has 0 aliphatic carbocycles. The number of carboxylic acid groups (broad SMARTS) is 1. The van der Waals surface area contributed by atoms with Crippen LogP contribution >= 0.6 is 0 Å². The van der Waals surface area contributed by atoms with Gasteiger partial charge in [0.2, 0.25) is 0 Å². The second-order valence-electron chi connectivity index (χ2n) is 4.86. The number of amides is 2. The lowest BCUT2D eigenvalue weighted by molar-refractivity contribution is -0.144. The molecule has 0 atom stereocenters. The molecule has 0 saturated heterocycles. The van der Waals surface area contributed by atoms with Gasteiger partial charge in [0, 0.05) is 6.20 Å². The van der Waals surface area contributed by atoms with E-state index in [-0.39, 0.29) is 6.54 Å². The monoisotopic (exact) mass is 293 g/mol. The third-order valence-corrected chi connectivity index (χ3v) is 3.75. The van der Waals surface area contributed by atoms with Crippen molar-refractivity contribution in [3.63, 3.8) is 0 Å². The van der Waals surface area contributed by atoms with E-state index in [1.54, 1.807) is 20.0 Å². The van der Waals surface area contributed by atoms with Gasteiger partial charge in [0.05, 0.1) is 12.2 Å². The van der Waals surface area contributed by atoms with Crippen molar-refractivity contribution >= 4 is 12.0 Å². The van der Waals surface area contributed by atoms with E-state index in [1.807, 2.05) is 19.1 Å². The summed E-state index contributed by atoms with van der Waals surface area (Å²) in [5.41, 5.74) is 0.638. The van der Waals surface area contributed by atoms with Crippen molar-refractivity contribution in [2.45, 2.75) is 52.1 Å². The minimum Gasteiger partial charge on any atom is -0.480 e. The average Bonchev–Trinajstić information content (AvgIpc) is 2.50. The van der Waals surface area contributed by atoms with Crippen LogP contribution in [0.2, 0.25) is 0 Å². The first-order chi connectivity index (χ1) is 9.99. The fourth-order valence-corrected chi connectivity index (χ4v) is 2.16. The third kappa shape index (κ3) is 4.18. The predicted octanol–water partition coefficient (Wildman–Crippen LogP) is 2.09. The number of nitrogens with zero attached hydrogens (tertiary/aromatic N) is 1. The number of nitrogens with one attached hydrogen (secondary N) is 2. The average molecular weight is 293 g/mol. The highest BCUT2D eigenvalue weighted by molar-refractivity contribution is 5.86. The fourth-order valence-electron chi connectivity index (χ4n) is 2.16. The summed E-state index contributed by atoms with van der Waals surface area (Å²) in [6.45, 7) is 5.78. The van der Waals surface area contributed by atoms with Gasteiger partial charge in [0.25, 0.3) is 0 Å². The molecule has 1 rings (SSSR count). The molecule has 6 heteroatoms. The highest BCUT2D eigenvalue weighted by Crippen LogP contribution is 2.15. The first-order valence-corrected chi connectivity index (χ1v) is 7.21. The highest BCUT2D eigenvalue weighted by atomic mass is 16.4. The SMILES string of the molecule is CCc1cccnc1CNC(=O)NC(CC)(CC)C(=O)O. The van der Waals surface area contributed by atoms with Crippen LogP contribution in [0.25, 0.3) is 0 Å². The van der Waals surface area contributed by atoms with Crippen LogP contribution in [-0.2, 0) is 17.8 Å². The molecule has 1 heterocycles. The van der Waals surface area contributed by atoms with Crippen LogP contribution in [-0.4, -0.2) is 27.6 Å². The lowest BCUT2D eigenvalue weighted by Crippen LogP contribution is -2.56. The standard InChI is InChI=1S/C15H23N3O3/c1-4-11-8-7-9-16-12(11)10-17-14(21)18-15(5-2,6-3)13(19)20/h7-9H,4-6,10H2,1-3H3,(H,19,20)(H2,17,18,21). The van der Waals surface area contributed by atoms with Crippen molar-refractivity contribution in [2.75, 3.05) is 0 Å². The highest BCUT2D eigenvalue weighted by Gasteiger charge is 2.36. The number of carbonyl (C=O) groups is 2. The lowest BCUT2D eigenvalue weighted by Gasteiger charge is -2.28. The maximum atomic E-state index is 11.9. The van der Waals surface area contributed by atoms with Crippen molar-refractivity contribution in [3.8, 4) is 0 Å². The lowest BCUT2D eigenvalue weighted by atomic mass is 9.93. The summed E-state index contributed by atoms with van der Waals surface area (Å²) in [4.78, 5) is 27.5. The van der Waals surface area contributed by atoms with Crippen molar-refractivity contribution < 1.29 is 14.7 Å². The van der Waals surface area contributed by atoms with Crippen LogP contribution in [0.15, 0.2) is 18.3 Å². The molecule has 0 aliphatic rings. The Morgan fingerprint density at radius 2 is 1.95 bits per heavy atom. The number of aryl methyl sites for hydroxylation is 1. The van der Waals surface area contributed by atoms with E-state index in [0.717, 1.165) is 17.7 Å². The Balaban J connectivity index is 2.67. The number of aliphatic carboxylic acids is 1. The molecule has 0 aliphatic heterocycles. The summed E-state index contributed by atoms with van der Waals surface area (Å²) in [7, 11) is 0. The zero-order valence-electron chi connectivity index (χ0n) is 12.8. The first-order valence-electron chi connectivity index (χ1n) is 7.21. The summed E-state index contributed by atoms with van der Waals surface area (Å²) < 4.78 is 0. The Bertz CT molecular complexity index is 499. The first kappa shape index (κ1) is 16.9. The molecule has 1 aromatic heterocycles. The Morgan fingerprint density at radius 3 is 2.48 bits per heavy atom. The number of urea groups is 1. The molecular formula is C15H23N3O3. The minimum absolute atomic E-state index is 0.277. The second-order valence-corrected chi connectivity index (χ2v) is 4.86. The Kier molecular flexibility index (Phi) is 6.14. The van der Waals surface area contributed by atoms with Crippen LogP contribution in [0.5, 0.6) is 0 Å². The van der Waals surface area contributed by atoms with Gasteiger partial charge in [-0.1, -0.05) is 26.8 Å². The van der Waals surface area contributed by atoms with E-state index >= 15 is 0 Å². The van der Waals surface area contributed by atoms with Crippen molar-refractivity contribution in [1.29, 1.82) is 0 Å². The molecule has 0 bridgehead atoms. The number of carbonyl (C=O) groups excluding carboxylic acids is 1. The maximum absolute atomic E-state index is 11.9. The third-order valence-electron chi connectivity index (χ3n) is 3.75. The van der Waals surface area contributed by atoms with Crippen LogP contribution in [0.1, 0.15) is 44.9 Å². The smallest absolute Gasteiger partial charge is 0.329 e. The van der Waals surface area contributed by atoms with E-state index in [1.165, 1.54) is 0 Å². The molecule has 1 aromatic rings. The summed E-state index contributed by atoms with van der Waals surface area (Å²) in [6, 6.07) is 3.32. The fraction of sp³-hybridized carbons (Fsp3) is 0.533. The summed E-state index contributed by atoms with van der Waals surface area (Å²) in [5.74, 6) is -1.02. The van der Waals surface area contributed by atoms with Gasteiger partial charge in [0.15, 0.2) is 0 Å². The van der Waals surface area contributed by atoms with Gasteiger partial charge in [-0.15, -0.1) is 0 Å². The van der Waals surface area contributed by atoms with Gasteiger partial charge in [-0.2, -0.15) is 0 Å². The quantitative estimate of drug-likeness (QED) is 0.718. The van der Waals surface area contributed by atoms with E-state index in [4.69, 9.17) is 0 Å². The molecule has 0 radical (unpaired) electrons. The molecule has 3 N–H and O–H groups in total. The molecule has 6 nitrogen and oxygen atoms in total. The number of carboxylic acids is 1. The zero-order chi connectivity index (χ0) is 15.9. The normalized spacial score (nSPS) is 11.0. The molecule has 116 valence electrons. The van der Waals surface area contributed by atoms with Gasteiger partial charge in [-0.3, -0.25) is 4.98 Å². The van der Waals surface area contributed by atoms with Crippen LogP contribution in [0.3, 0.4) is 0 Å². The van der Waals surface area contributed by atoms with E-state index in [0.29, 0.717) is 12.8 Å². The van der Waals surface area contributed by atoms with E-state index in [9.17, 15) is 14.7 Å². The zero-order valence-corrected chi connectivity index (χ0v) is 12.8. The van der Waals surface area contributed by atoms with E-state index < -0.39 is 17.5 Å². The van der Waals surface area contributed by atoms with Gasteiger partial charge < -0.3 is 15.7 Å². The topological polar surface area (TPSA) is 91.3 Å². The second kappa shape index (κ2) is 7.61. The molecule has 21 heavy (non-hydrogen) atoms. The van der Waals surface area contributed by atoms with Crippen LogP contribution < -0.4 is 10.6 Å². The maximum Gasteiger partial charge on any atom is 0.329 e. The minimum atomic E-state index is -1.22. The number of rotatable bonds is 7. The van der Waals surface area contributed by atoms with Gasteiger partial charge >= 0.3 is 12.0 Å². The van der Waals surface area contributed by atoms with Gasteiger partial charge in [0.1, 0.15) is 5.54 Å². The molecule has 0 fully saturated rings. The van der Waals surface area contributed by atoms with Crippen molar-refractivity contribution in [3.05, 3.63) is 29.6 Å². The Morgan fingerprint density at radius 1 is 1.29 bits per heavy atom. The largest absolute Gasteiger partial charge is 0.480 e. The summed E-state index contributed by atoms with van der Waals surface area (Å²) >= 11 is 0. The van der Waals surface area contributed by atoms with Gasteiger partial charge in [-0.05, 0) is 30.9 Å². The Hall–Kier alpha value is -2.11. The van der Waals surface area contributed by atoms with Gasteiger partial charge in [-0.25, -0.2) is 9.59 Å². The molecule has 2 amide bonds. The molecule has 0 spiro atoms. The predicted molar refractivity (Wildman–Crippen MR) is 79.9 cm³/mol. The van der Waals surface area contributed by atoms with Crippen molar-refractivity contribution in [2.24, 2.45) is 0 Å². The number of pyridine rings is 1. The van der Waals surface area contributed by atoms with Crippen LogP contribution in [0.4, 0.5) is 4.79 Å².